The quantitative estimate of drug-likeness (QED) is 0.481. The number of carbonyl (C=O) groups excluding carboxylic acids is 2. The molecule has 0 saturated heterocycles. The molecule has 0 radical (unpaired) electrons. The van der Waals surface area contributed by atoms with Crippen molar-refractivity contribution in [1.29, 1.82) is 0 Å². The van der Waals surface area contributed by atoms with Crippen LogP contribution in [0.1, 0.15) is 46.4 Å². The van der Waals surface area contributed by atoms with E-state index in [0.29, 0.717) is 29.4 Å². The number of hydrogen-bond donors (Lipinski definition) is 2. The van der Waals surface area contributed by atoms with Crippen molar-refractivity contribution in [3.63, 3.8) is 0 Å². The maximum Gasteiger partial charge on any atom is 0.255 e. The predicted molar refractivity (Wildman–Crippen MR) is 129 cm³/mol. The van der Waals surface area contributed by atoms with Crippen LogP contribution in [-0.4, -0.2) is 70.7 Å². The Morgan fingerprint density at radius 1 is 1.20 bits per heavy atom. The standard InChI is InChI=1S/C25H30N6O4/c1-30(2)8-9-34-17-5-6-21-20(14-28-31(21)15-17)23(33)29-16-10-25(11-16)12-18(13-25)35-24-19(22(26)32)4-3-7-27-24/h3-7,14-16,18H,8-13H2,1-2H3,(H2,26,32)(H,29,33). The summed E-state index contributed by atoms with van der Waals surface area (Å²) in [5.41, 5.74) is 7.18. The van der Waals surface area contributed by atoms with Gasteiger partial charge in [0.2, 0.25) is 5.88 Å². The van der Waals surface area contributed by atoms with E-state index in [1.54, 1.807) is 35.2 Å². The number of ether oxygens (including phenoxy) is 2. The Morgan fingerprint density at radius 3 is 2.74 bits per heavy atom. The number of hydrogen-bond acceptors (Lipinski definition) is 7. The van der Waals surface area contributed by atoms with E-state index in [-0.39, 0.29) is 23.5 Å². The fraction of sp³-hybridized carbons (Fsp3) is 0.440. The highest BCUT2D eigenvalue weighted by molar-refractivity contribution is 6.00. The lowest BCUT2D eigenvalue weighted by atomic mass is 9.53. The Bertz CT molecular complexity index is 1240. The average molecular weight is 479 g/mol. The largest absolute Gasteiger partial charge is 0.491 e. The van der Waals surface area contributed by atoms with E-state index < -0.39 is 5.91 Å². The van der Waals surface area contributed by atoms with E-state index in [1.807, 2.05) is 26.2 Å². The highest BCUT2D eigenvalue weighted by Gasteiger charge is 2.54. The fourth-order valence-electron chi connectivity index (χ4n) is 5.08. The van der Waals surface area contributed by atoms with Crippen LogP contribution in [0.15, 0.2) is 42.9 Å². The van der Waals surface area contributed by atoms with Gasteiger partial charge < -0.3 is 25.4 Å². The molecule has 35 heavy (non-hydrogen) atoms. The molecular formula is C25H30N6O4. The minimum atomic E-state index is -0.547. The second-order valence-electron chi connectivity index (χ2n) is 9.85. The van der Waals surface area contributed by atoms with Gasteiger partial charge in [0.15, 0.2) is 0 Å². The van der Waals surface area contributed by atoms with Gasteiger partial charge in [0.1, 0.15) is 24.0 Å². The molecule has 184 valence electrons. The van der Waals surface area contributed by atoms with E-state index in [1.165, 1.54) is 0 Å². The summed E-state index contributed by atoms with van der Waals surface area (Å²) in [6, 6.07) is 7.14. The smallest absolute Gasteiger partial charge is 0.255 e. The van der Waals surface area contributed by atoms with Crippen LogP contribution in [0.4, 0.5) is 0 Å². The molecule has 2 aliphatic carbocycles. The summed E-state index contributed by atoms with van der Waals surface area (Å²) in [6.07, 6.45) is 8.56. The number of aromatic nitrogens is 3. The Kier molecular flexibility index (Phi) is 6.06. The van der Waals surface area contributed by atoms with Crippen molar-refractivity contribution >= 4 is 17.3 Å². The van der Waals surface area contributed by atoms with E-state index in [0.717, 1.165) is 37.7 Å². The number of carbonyl (C=O) groups is 2. The van der Waals surface area contributed by atoms with Crippen molar-refractivity contribution in [2.75, 3.05) is 27.2 Å². The Balaban J connectivity index is 1.12. The van der Waals surface area contributed by atoms with Crippen LogP contribution in [0.3, 0.4) is 0 Å². The van der Waals surface area contributed by atoms with Gasteiger partial charge in [-0.1, -0.05) is 0 Å². The number of amides is 2. The first-order chi connectivity index (χ1) is 16.8. The van der Waals surface area contributed by atoms with Gasteiger partial charge in [-0.2, -0.15) is 5.10 Å². The normalized spacial score (nSPS) is 23.1. The summed E-state index contributed by atoms with van der Waals surface area (Å²) in [5, 5.41) is 7.47. The fourth-order valence-corrected chi connectivity index (χ4v) is 5.08. The molecule has 10 heteroatoms. The summed E-state index contributed by atoms with van der Waals surface area (Å²) in [7, 11) is 3.99. The van der Waals surface area contributed by atoms with Crippen LogP contribution in [0.5, 0.6) is 11.6 Å². The molecule has 5 rings (SSSR count). The number of fused-ring (bicyclic) bond motifs is 1. The molecule has 0 aliphatic heterocycles. The third-order valence-electron chi connectivity index (χ3n) is 6.87. The van der Waals surface area contributed by atoms with Crippen LogP contribution < -0.4 is 20.5 Å². The van der Waals surface area contributed by atoms with Crippen molar-refractivity contribution in [2.24, 2.45) is 11.1 Å². The average Bonchev–Trinajstić information content (AvgIpc) is 3.19. The number of nitrogens with one attached hydrogen (secondary N) is 1. The minimum absolute atomic E-state index is 0.00779. The van der Waals surface area contributed by atoms with Gasteiger partial charge in [0, 0.05) is 18.8 Å². The highest BCUT2D eigenvalue weighted by atomic mass is 16.5. The second-order valence-corrected chi connectivity index (χ2v) is 9.85. The summed E-state index contributed by atoms with van der Waals surface area (Å²) in [5.74, 6) is 0.344. The van der Waals surface area contributed by atoms with Crippen LogP contribution in [0.2, 0.25) is 0 Å². The van der Waals surface area contributed by atoms with Gasteiger partial charge in [0.25, 0.3) is 11.8 Å². The van der Waals surface area contributed by atoms with Gasteiger partial charge in [-0.05, 0) is 69.5 Å². The molecular weight excluding hydrogens is 448 g/mol. The van der Waals surface area contributed by atoms with Gasteiger partial charge >= 0.3 is 0 Å². The lowest BCUT2D eigenvalue weighted by Gasteiger charge is -2.57. The molecule has 0 bridgehead atoms. The second kappa shape index (κ2) is 9.18. The summed E-state index contributed by atoms with van der Waals surface area (Å²) in [4.78, 5) is 30.7. The third-order valence-corrected chi connectivity index (χ3v) is 6.87. The molecule has 0 atom stereocenters. The summed E-state index contributed by atoms with van der Waals surface area (Å²) in [6.45, 7) is 1.40. The van der Waals surface area contributed by atoms with Crippen LogP contribution in [-0.2, 0) is 0 Å². The van der Waals surface area contributed by atoms with Crippen molar-refractivity contribution in [2.45, 2.75) is 37.8 Å². The van der Waals surface area contributed by atoms with Gasteiger partial charge in [-0.15, -0.1) is 0 Å². The summed E-state index contributed by atoms with van der Waals surface area (Å²) < 4.78 is 13.3. The Morgan fingerprint density at radius 2 is 2.00 bits per heavy atom. The zero-order valence-electron chi connectivity index (χ0n) is 19.9. The SMILES string of the molecule is CN(C)CCOc1ccc2c(C(=O)NC3CC4(C3)CC(Oc3ncccc3C(N)=O)C4)cnn2c1. The maximum atomic E-state index is 12.9. The molecule has 2 aliphatic rings. The summed E-state index contributed by atoms with van der Waals surface area (Å²) >= 11 is 0. The van der Waals surface area contributed by atoms with Crippen molar-refractivity contribution in [3.05, 3.63) is 54.0 Å². The predicted octanol–water partition coefficient (Wildman–Crippen LogP) is 1.89. The number of nitrogens with zero attached hydrogens (tertiary/aromatic N) is 4. The first-order valence-corrected chi connectivity index (χ1v) is 11.8. The van der Waals surface area contributed by atoms with Crippen LogP contribution >= 0.6 is 0 Å². The Hall–Kier alpha value is -3.66. The molecule has 3 aromatic heterocycles. The Labute approximate surface area is 203 Å². The van der Waals surface area contributed by atoms with E-state index in [4.69, 9.17) is 15.2 Å². The number of nitrogens with two attached hydrogens (primary N) is 1. The van der Waals surface area contributed by atoms with Crippen LogP contribution in [0.25, 0.3) is 5.52 Å². The van der Waals surface area contributed by atoms with E-state index >= 15 is 0 Å². The minimum Gasteiger partial charge on any atom is -0.491 e. The van der Waals surface area contributed by atoms with Crippen molar-refractivity contribution in [1.82, 2.24) is 24.8 Å². The zero-order chi connectivity index (χ0) is 24.6. The lowest BCUT2D eigenvalue weighted by molar-refractivity contribution is -0.0848. The monoisotopic (exact) mass is 478 g/mol. The molecule has 2 amide bonds. The van der Waals surface area contributed by atoms with E-state index in [2.05, 4.69) is 20.3 Å². The van der Waals surface area contributed by atoms with Gasteiger partial charge in [-0.3, -0.25) is 9.59 Å². The van der Waals surface area contributed by atoms with Crippen LogP contribution in [0, 0.1) is 5.41 Å². The molecule has 1 spiro atoms. The van der Waals surface area contributed by atoms with Crippen molar-refractivity contribution < 1.29 is 19.1 Å². The molecule has 10 nitrogen and oxygen atoms in total. The first kappa shape index (κ1) is 23.1. The van der Waals surface area contributed by atoms with Crippen molar-refractivity contribution in [3.8, 4) is 11.6 Å². The number of likely N-dealkylation sites (N-methyl/N-ethyl adjacent to an activating group) is 1. The van der Waals surface area contributed by atoms with Gasteiger partial charge in [-0.25, -0.2) is 9.50 Å². The molecule has 0 aromatic carbocycles. The molecule has 0 unspecified atom stereocenters. The highest BCUT2D eigenvalue weighted by Crippen LogP contribution is 2.56. The maximum absolute atomic E-state index is 12.9. The third kappa shape index (κ3) is 4.79. The zero-order valence-corrected chi connectivity index (χ0v) is 19.9. The molecule has 2 fully saturated rings. The molecule has 2 saturated carbocycles. The molecule has 3 N–H and O–H groups in total. The molecule has 3 aromatic rings. The first-order valence-electron chi connectivity index (χ1n) is 11.8. The topological polar surface area (TPSA) is 124 Å². The number of primary amides is 1. The number of rotatable bonds is 9. The molecule has 3 heterocycles. The lowest BCUT2D eigenvalue weighted by Crippen LogP contribution is -2.58. The van der Waals surface area contributed by atoms with Gasteiger partial charge in [0.05, 0.1) is 23.5 Å². The number of pyridine rings is 2. The van der Waals surface area contributed by atoms with E-state index in [9.17, 15) is 9.59 Å².